The molecule has 0 aliphatic heterocycles. The van der Waals surface area contributed by atoms with Gasteiger partial charge in [-0.05, 0) is 12.5 Å². The average Bonchev–Trinajstić information content (AvgIpc) is 2.26. The summed E-state index contributed by atoms with van der Waals surface area (Å²) in [4.78, 5) is 8.28. The van der Waals surface area contributed by atoms with Crippen molar-refractivity contribution in [2.75, 3.05) is 38.7 Å². The summed E-state index contributed by atoms with van der Waals surface area (Å²) in [6, 6.07) is 0. The highest BCUT2D eigenvalue weighted by atomic mass is 16.5. The maximum Gasteiger partial charge on any atom is 0.222 e. The Labute approximate surface area is 90.3 Å². The molecule has 5 heteroatoms. The molecule has 0 aromatic carbocycles. The minimum absolute atomic E-state index is 0.675. The summed E-state index contributed by atoms with van der Waals surface area (Å²) in [5, 5.41) is 6.35. The van der Waals surface area contributed by atoms with E-state index in [1.165, 1.54) is 0 Å². The summed E-state index contributed by atoms with van der Waals surface area (Å²) in [6.07, 6.45) is 3.60. The van der Waals surface area contributed by atoms with Crippen molar-refractivity contribution < 1.29 is 4.74 Å². The number of anilines is 1. The molecular weight excluding hydrogens is 192 g/mol. The minimum atomic E-state index is 0.675. The van der Waals surface area contributed by atoms with Gasteiger partial charge in [0.2, 0.25) is 5.95 Å². The van der Waals surface area contributed by atoms with Crippen molar-refractivity contribution in [3.8, 4) is 0 Å². The maximum atomic E-state index is 4.91. The van der Waals surface area contributed by atoms with Crippen LogP contribution >= 0.6 is 0 Å². The molecule has 0 radical (unpaired) electrons. The molecule has 1 aromatic heterocycles. The minimum Gasteiger partial charge on any atom is -0.383 e. The van der Waals surface area contributed by atoms with E-state index in [9.17, 15) is 0 Å². The summed E-state index contributed by atoms with van der Waals surface area (Å²) >= 11 is 0. The van der Waals surface area contributed by atoms with Gasteiger partial charge in [-0.1, -0.05) is 0 Å². The Kier molecular flexibility index (Phi) is 5.65. The molecule has 15 heavy (non-hydrogen) atoms. The van der Waals surface area contributed by atoms with Crippen molar-refractivity contribution in [3.05, 3.63) is 18.0 Å². The first kappa shape index (κ1) is 11.9. The van der Waals surface area contributed by atoms with Gasteiger partial charge in [0.05, 0.1) is 6.61 Å². The Bertz CT molecular complexity index is 263. The molecule has 0 amide bonds. The van der Waals surface area contributed by atoms with Crippen molar-refractivity contribution >= 4 is 5.95 Å². The number of nitrogens with one attached hydrogen (secondary N) is 2. The predicted molar refractivity (Wildman–Crippen MR) is 60.0 cm³/mol. The Morgan fingerprint density at radius 2 is 1.93 bits per heavy atom. The average molecular weight is 210 g/mol. The van der Waals surface area contributed by atoms with Crippen LogP contribution in [0.5, 0.6) is 0 Å². The smallest absolute Gasteiger partial charge is 0.222 e. The zero-order valence-electron chi connectivity index (χ0n) is 9.29. The van der Waals surface area contributed by atoms with Gasteiger partial charge in [0.15, 0.2) is 0 Å². The van der Waals surface area contributed by atoms with Crippen molar-refractivity contribution in [1.29, 1.82) is 0 Å². The van der Waals surface area contributed by atoms with E-state index in [-0.39, 0.29) is 0 Å². The maximum absolute atomic E-state index is 4.91. The van der Waals surface area contributed by atoms with Crippen molar-refractivity contribution in [1.82, 2.24) is 15.3 Å². The summed E-state index contributed by atoms with van der Waals surface area (Å²) in [6.45, 7) is 5.26. The third kappa shape index (κ3) is 5.29. The predicted octanol–water partition coefficient (Wildman–Crippen LogP) is 0.433. The Balaban J connectivity index is 2.07. The normalized spacial score (nSPS) is 10.3. The number of nitrogens with zero attached hydrogens (tertiary/aromatic N) is 2. The fourth-order valence-electron chi connectivity index (χ4n) is 1.05. The highest BCUT2D eigenvalue weighted by molar-refractivity contribution is 5.23. The molecule has 2 N–H and O–H groups in total. The second-order valence-electron chi connectivity index (χ2n) is 3.25. The molecule has 0 unspecified atom stereocenters. The van der Waals surface area contributed by atoms with Gasteiger partial charge in [0, 0.05) is 39.1 Å². The Morgan fingerprint density at radius 3 is 2.60 bits per heavy atom. The van der Waals surface area contributed by atoms with Crippen molar-refractivity contribution in [2.24, 2.45) is 0 Å². The largest absolute Gasteiger partial charge is 0.383 e. The molecule has 0 fully saturated rings. The number of aromatic nitrogens is 2. The van der Waals surface area contributed by atoms with E-state index in [1.807, 2.05) is 6.92 Å². The summed E-state index contributed by atoms with van der Waals surface area (Å²) in [5.74, 6) is 0.675. The number of hydrogen-bond donors (Lipinski definition) is 2. The van der Waals surface area contributed by atoms with Gasteiger partial charge in [-0.15, -0.1) is 0 Å². The van der Waals surface area contributed by atoms with Crippen LogP contribution in [-0.2, 0) is 4.74 Å². The zero-order chi connectivity index (χ0) is 10.9. The van der Waals surface area contributed by atoms with Gasteiger partial charge in [-0.3, -0.25) is 0 Å². The Hall–Kier alpha value is -1.20. The van der Waals surface area contributed by atoms with Crippen LogP contribution in [0.4, 0.5) is 5.95 Å². The first-order valence-corrected chi connectivity index (χ1v) is 5.05. The molecule has 0 bridgehead atoms. The fourth-order valence-corrected chi connectivity index (χ4v) is 1.05. The lowest BCUT2D eigenvalue weighted by Gasteiger charge is -2.05. The van der Waals surface area contributed by atoms with Crippen LogP contribution in [0.2, 0.25) is 0 Å². The molecule has 0 aliphatic rings. The van der Waals surface area contributed by atoms with Gasteiger partial charge in [0.25, 0.3) is 0 Å². The van der Waals surface area contributed by atoms with E-state index < -0.39 is 0 Å². The summed E-state index contributed by atoms with van der Waals surface area (Å²) in [7, 11) is 1.69. The van der Waals surface area contributed by atoms with Crippen LogP contribution < -0.4 is 10.6 Å². The van der Waals surface area contributed by atoms with Gasteiger partial charge in [0.1, 0.15) is 0 Å². The van der Waals surface area contributed by atoms with Gasteiger partial charge >= 0.3 is 0 Å². The lowest BCUT2D eigenvalue weighted by molar-refractivity contribution is 0.200. The van der Waals surface area contributed by atoms with Crippen LogP contribution in [0, 0.1) is 6.92 Å². The van der Waals surface area contributed by atoms with Crippen LogP contribution in [0.1, 0.15) is 5.56 Å². The lowest BCUT2D eigenvalue weighted by Crippen LogP contribution is -2.25. The van der Waals surface area contributed by atoms with Gasteiger partial charge in [-0.25, -0.2) is 9.97 Å². The zero-order valence-corrected chi connectivity index (χ0v) is 9.29. The monoisotopic (exact) mass is 210 g/mol. The topological polar surface area (TPSA) is 59.1 Å². The van der Waals surface area contributed by atoms with E-state index in [2.05, 4.69) is 20.6 Å². The lowest BCUT2D eigenvalue weighted by atomic mass is 10.4. The number of ether oxygens (including phenoxy) is 1. The van der Waals surface area contributed by atoms with Crippen molar-refractivity contribution in [3.63, 3.8) is 0 Å². The summed E-state index contributed by atoms with van der Waals surface area (Å²) in [5.41, 5.74) is 1.07. The standard InChI is InChI=1S/C10H18N4O/c1-9-7-13-10(14-8-9)12-4-3-11-5-6-15-2/h7-8,11H,3-6H2,1-2H3,(H,12,13,14). The van der Waals surface area contributed by atoms with Crippen LogP contribution in [-0.4, -0.2) is 43.3 Å². The van der Waals surface area contributed by atoms with E-state index in [4.69, 9.17) is 4.74 Å². The highest BCUT2D eigenvalue weighted by Crippen LogP contribution is 1.96. The van der Waals surface area contributed by atoms with E-state index in [0.717, 1.165) is 31.8 Å². The molecule has 1 aromatic rings. The van der Waals surface area contributed by atoms with E-state index >= 15 is 0 Å². The third-order valence-corrected chi connectivity index (χ3v) is 1.85. The van der Waals surface area contributed by atoms with Crippen LogP contribution in [0.3, 0.4) is 0 Å². The molecule has 0 saturated carbocycles. The first-order chi connectivity index (χ1) is 7.33. The molecular formula is C10H18N4O. The molecule has 84 valence electrons. The molecule has 0 spiro atoms. The second-order valence-corrected chi connectivity index (χ2v) is 3.25. The third-order valence-electron chi connectivity index (χ3n) is 1.85. The molecule has 0 atom stereocenters. The SMILES string of the molecule is COCCNCCNc1ncc(C)cn1. The fraction of sp³-hybridized carbons (Fsp3) is 0.600. The molecule has 1 heterocycles. The molecule has 5 nitrogen and oxygen atoms in total. The number of rotatable bonds is 7. The number of aryl methyl sites for hydroxylation is 1. The van der Waals surface area contributed by atoms with Crippen LogP contribution in [0.15, 0.2) is 12.4 Å². The van der Waals surface area contributed by atoms with Crippen LogP contribution in [0.25, 0.3) is 0 Å². The number of hydrogen-bond acceptors (Lipinski definition) is 5. The second kappa shape index (κ2) is 7.14. The number of methoxy groups -OCH3 is 1. The molecule has 0 aliphatic carbocycles. The highest BCUT2D eigenvalue weighted by Gasteiger charge is 1.93. The summed E-state index contributed by atoms with van der Waals surface area (Å²) < 4.78 is 4.91. The van der Waals surface area contributed by atoms with Gasteiger partial charge < -0.3 is 15.4 Å². The quantitative estimate of drug-likeness (QED) is 0.639. The Morgan fingerprint density at radius 1 is 1.20 bits per heavy atom. The van der Waals surface area contributed by atoms with E-state index in [1.54, 1.807) is 19.5 Å². The first-order valence-electron chi connectivity index (χ1n) is 5.05. The molecule has 0 saturated heterocycles. The molecule has 1 rings (SSSR count). The van der Waals surface area contributed by atoms with E-state index in [0.29, 0.717) is 5.95 Å². The van der Waals surface area contributed by atoms with Gasteiger partial charge in [-0.2, -0.15) is 0 Å². The van der Waals surface area contributed by atoms with Crippen molar-refractivity contribution in [2.45, 2.75) is 6.92 Å².